The minimum Gasteiger partial charge on any atom is -0.465 e. The third kappa shape index (κ3) is 4.42. The highest BCUT2D eigenvalue weighted by Gasteiger charge is 2.40. The second kappa shape index (κ2) is 7.27. The fourth-order valence-corrected chi connectivity index (χ4v) is 3.13. The summed E-state index contributed by atoms with van der Waals surface area (Å²) in [5.74, 6) is -0.443. The highest BCUT2D eigenvalue weighted by atomic mass is 79.9. The van der Waals surface area contributed by atoms with Crippen LogP contribution >= 0.6 is 27.5 Å². The topological polar surface area (TPSA) is 108 Å². The molecule has 0 saturated heterocycles. The first-order valence-corrected chi connectivity index (χ1v) is 8.12. The zero-order valence-corrected chi connectivity index (χ0v) is 14.4. The molecule has 0 unspecified atom stereocenters. The van der Waals surface area contributed by atoms with Crippen LogP contribution in [0.1, 0.15) is 25.7 Å². The summed E-state index contributed by atoms with van der Waals surface area (Å²) < 4.78 is 0.600. The lowest BCUT2D eigenvalue weighted by Crippen LogP contribution is -2.53. The lowest BCUT2D eigenvalue weighted by molar-refractivity contribution is -0.123. The number of amides is 2. The van der Waals surface area contributed by atoms with Crippen molar-refractivity contribution in [2.45, 2.75) is 31.2 Å². The van der Waals surface area contributed by atoms with Crippen molar-refractivity contribution in [2.24, 2.45) is 5.92 Å². The molecule has 3 N–H and O–H groups in total. The van der Waals surface area contributed by atoms with Crippen LogP contribution in [0.15, 0.2) is 16.7 Å². The maximum Gasteiger partial charge on any atom is 0.405 e. The largest absolute Gasteiger partial charge is 0.465 e. The molecule has 0 aromatic carbocycles. The zero-order valence-electron chi connectivity index (χ0n) is 12.0. The molecule has 0 spiro atoms. The van der Waals surface area contributed by atoms with Gasteiger partial charge in [-0.2, -0.15) is 0 Å². The molecule has 2 amide bonds. The molecule has 1 heterocycles. The zero-order chi connectivity index (χ0) is 17.0. The van der Waals surface area contributed by atoms with E-state index in [-0.39, 0.29) is 12.3 Å². The first-order valence-electron chi connectivity index (χ1n) is 6.94. The van der Waals surface area contributed by atoms with E-state index in [0.29, 0.717) is 40.9 Å². The molecule has 1 aliphatic rings. The van der Waals surface area contributed by atoms with Crippen molar-refractivity contribution in [3.8, 4) is 0 Å². The maximum atomic E-state index is 12.4. The molecule has 2 rings (SSSR count). The molecule has 7 nitrogen and oxygen atoms in total. The van der Waals surface area contributed by atoms with E-state index in [4.69, 9.17) is 16.7 Å². The van der Waals surface area contributed by atoms with Crippen LogP contribution < -0.4 is 10.6 Å². The number of halogens is 2. The summed E-state index contributed by atoms with van der Waals surface area (Å²) in [4.78, 5) is 38.6. The van der Waals surface area contributed by atoms with Gasteiger partial charge in [0.05, 0.1) is 10.6 Å². The first-order chi connectivity index (χ1) is 10.8. The number of aromatic nitrogens is 1. The molecule has 0 bridgehead atoms. The van der Waals surface area contributed by atoms with E-state index in [0.717, 1.165) is 0 Å². The van der Waals surface area contributed by atoms with Crippen LogP contribution in [0, 0.1) is 5.92 Å². The van der Waals surface area contributed by atoms with E-state index in [1.165, 1.54) is 6.20 Å². The van der Waals surface area contributed by atoms with Gasteiger partial charge in [0.1, 0.15) is 12.1 Å². The number of hydrogen-bond donors (Lipinski definition) is 3. The Labute approximate surface area is 145 Å². The number of nitrogens with one attached hydrogen (secondary N) is 2. The van der Waals surface area contributed by atoms with Crippen molar-refractivity contribution < 1.29 is 19.5 Å². The Bertz CT molecular complexity index is 642. The second-order valence-corrected chi connectivity index (χ2v) is 6.73. The van der Waals surface area contributed by atoms with Crippen molar-refractivity contribution in [2.75, 3.05) is 5.32 Å². The number of rotatable bonds is 4. The van der Waals surface area contributed by atoms with Crippen molar-refractivity contribution in [3.05, 3.63) is 21.8 Å². The Balaban J connectivity index is 2.08. The highest BCUT2D eigenvalue weighted by molar-refractivity contribution is 9.10. The number of pyridine rings is 1. The predicted molar refractivity (Wildman–Crippen MR) is 87.5 cm³/mol. The molecule has 124 valence electrons. The number of aldehydes is 1. The number of carbonyl (C=O) groups is 3. The average molecular weight is 405 g/mol. The number of nitrogens with zero attached hydrogens (tertiary/aromatic N) is 1. The smallest absolute Gasteiger partial charge is 0.405 e. The predicted octanol–water partition coefficient (Wildman–Crippen LogP) is 2.83. The Hall–Kier alpha value is -1.67. The fraction of sp³-hybridized carbons (Fsp3) is 0.429. The number of carboxylic acid groups (broad SMARTS) is 1. The van der Waals surface area contributed by atoms with E-state index in [9.17, 15) is 14.4 Å². The lowest BCUT2D eigenvalue weighted by Gasteiger charge is -2.35. The van der Waals surface area contributed by atoms with E-state index in [2.05, 4.69) is 31.5 Å². The Morgan fingerprint density at radius 2 is 2.26 bits per heavy atom. The molecule has 1 aliphatic carbocycles. The Kier molecular flexibility index (Phi) is 5.59. The van der Waals surface area contributed by atoms with Crippen LogP contribution in [0.3, 0.4) is 0 Å². The lowest BCUT2D eigenvalue weighted by atomic mass is 9.76. The first kappa shape index (κ1) is 17.7. The molecular weight excluding hydrogens is 390 g/mol. The van der Waals surface area contributed by atoms with Gasteiger partial charge in [0.2, 0.25) is 5.91 Å². The van der Waals surface area contributed by atoms with Crippen LogP contribution in [0.2, 0.25) is 5.02 Å². The molecule has 2 atom stereocenters. The van der Waals surface area contributed by atoms with Gasteiger partial charge in [-0.25, -0.2) is 9.78 Å². The molecule has 0 aliphatic heterocycles. The minimum absolute atomic E-state index is 0.128. The molecule has 9 heteroatoms. The third-order valence-corrected chi connectivity index (χ3v) is 4.98. The monoisotopic (exact) mass is 403 g/mol. The van der Waals surface area contributed by atoms with Crippen molar-refractivity contribution >= 4 is 51.6 Å². The minimum atomic E-state index is -1.28. The number of hydrogen-bond acceptors (Lipinski definition) is 4. The molecule has 1 aromatic rings. The van der Waals surface area contributed by atoms with Gasteiger partial charge in [0.15, 0.2) is 0 Å². The molecular formula is C14H15BrClN3O4. The van der Waals surface area contributed by atoms with Gasteiger partial charge in [0.25, 0.3) is 0 Å². The van der Waals surface area contributed by atoms with Crippen molar-refractivity contribution in [3.63, 3.8) is 0 Å². The number of anilines is 1. The van der Waals surface area contributed by atoms with E-state index < -0.39 is 17.6 Å². The summed E-state index contributed by atoms with van der Waals surface area (Å²) in [6.45, 7) is 0. The van der Waals surface area contributed by atoms with Gasteiger partial charge in [-0.1, -0.05) is 11.6 Å². The van der Waals surface area contributed by atoms with Crippen molar-refractivity contribution in [1.29, 1.82) is 0 Å². The van der Waals surface area contributed by atoms with Gasteiger partial charge in [0, 0.05) is 16.6 Å². The maximum absolute atomic E-state index is 12.4. The van der Waals surface area contributed by atoms with Gasteiger partial charge >= 0.3 is 6.09 Å². The molecule has 1 saturated carbocycles. The molecule has 1 fully saturated rings. The summed E-state index contributed by atoms with van der Waals surface area (Å²) in [6, 6.07) is 1.57. The van der Waals surface area contributed by atoms with E-state index >= 15 is 0 Å². The summed E-state index contributed by atoms with van der Waals surface area (Å²) in [6.07, 6.45) is 2.38. The van der Waals surface area contributed by atoms with Crippen LogP contribution in [0.5, 0.6) is 0 Å². The number of carbonyl (C=O) groups excluding carboxylic acids is 2. The summed E-state index contributed by atoms with van der Waals surface area (Å²) in [7, 11) is 0. The Morgan fingerprint density at radius 1 is 1.52 bits per heavy atom. The van der Waals surface area contributed by atoms with Gasteiger partial charge in [-0.3, -0.25) is 4.79 Å². The SMILES string of the molecule is O=C[C@@]1(NC(=O)O)CCC[C@H](C(=O)Nc2cc(Br)c(Cl)cn2)C1. The molecule has 0 radical (unpaired) electrons. The standard InChI is InChI=1S/C14H15BrClN3O4/c15-9-4-11(17-6-10(9)16)18-12(21)8-2-1-3-14(5-8,7-20)19-13(22)23/h4,6-8,19H,1-3,5H2,(H,22,23)(H,17,18,21)/t8-,14+/m0/s1. The van der Waals surface area contributed by atoms with Crippen molar-refractivity contribution in [1.82, 2.24) is 10.3 Å². The highest BCUT2D eigenvalue weighted by Crippen LogP contribution is 2.32. The molecule has 1 aromatic heterocycles. The average Bonchev–Trinajstić information content (AvgIpc) is 2.50. The van der Waals surface area contributed by atoms with E-state index in [1.54, 1.807) is 6.07 Å². The summed E-state index contributed by atoms with van der Waals surface area (Å²) in [5, 5.41) is 14.2. The Morgan fingerprint density at radius 3 is 2.87 bits per heavy atom. The second-order valence-electron chi connectivity index (χ2n) is 5.47. The van der Waals surface area contributed by atoms with Crippen LogP contribution in [-0.2, 0) is 9.59 Å². The van der Waals surface area contributed by atoms with Gasteiger partial charge < -0.3 is 20.5 Å². The third-order valence-electron chi connectivity index (χ3n) is 3.80. The quantitative estimate of drug-likeness (QED) is 0.669. The van der Waals surface area contributed by atoms with Gasteiger partial charge in [-0.05, 0) is 47.7 Å². The molecule has 23 heavy (non-hydrogen) atoms. The van der Waals surface area contributed by atoms with Crippen LogP contribution in [-0.4, -0.2) is 33.9 Å². The fourth-order valence-electron chi connectivity index (χ4n) is 2.71. The van der Waals surface area contributed by atoms with Gasteiger partial charge in [-0.15, -0.1) is 0 Å². The normalized spacial score (nSPS) is 23.8. The summed E-state index contributed by atoms with van der Waals surface area (Å²) in [5.41, 5.74) is -1.21. The van der Waals surface area contributed by atoms with E-state index in [1.807, 2.05) is 0 Å². The summed E-state index contributed by atoms with van der Waals surface area (Å²) >= 11 is 9.09. The van der Waals surface area contributed by atoms with Crippen LogP contribution in [0.25, 0.3) is 0 Å². The van der Waals surface area contributed by atoms with Crippen LogP contribution in [0.4, 0.5) is 10.6 Å².